The van der Waals surface area contributed by atoms with Crippen LogP contribution in [0.2, 0.25) is 0 Å². The van der Waals surface area contributed by atoms with E-state index in [0.717, 1.165) is 11.1 Å². The zero-order chi connectivity index (χ0) is 11.7. The van der Waals surface area contributed by atoms with Gasteiger partial charge in [0, 0.05) is 17.7 Å². The topological polar surface area (TPSA) is 68.9 Å². The summed E-state index contributed by atoms with van der Waals surface area (Å²) >= 11 is 4.56. The van der Waals surface area contributed by atoms with Crippen molar-refractivity contribution in [2.24, 2.45) is 0 Å². The van der Waals surface area contributed by atoms with Crippen molar-refractivity contribution in [3.05, 3.63) is 37.8 Å². The van der Waals surface area contributed by atoms with Gasteiger partial charge in [-0.05, 0) is 28.4 Å². The molecule has 0 atom stereocenters. The number of nitro groups is 1. The molecule has 82 valence electrons. The van der Waals surface area contributed by atoms with Crippen LogP contribution >= 0.6 is 27.3 Å². The third-order valence-electron chi connectivity index (χ3n) is 2.06. The van der Waals surface area contributed by atoms with Crippen LogP contribution < -0.4 is 0 Å². The summed E-state index contributed by atoms with van der Waals surface area (Å²) in [5, 5.41) is 19.1. The van der Waals surface area contributed by atoms with E-state index >= 15 is 0 Å². The highest BCUT2D eigenvalue weighted by Crippen LogP contribution is 2.31. The molecule has 7 heteroatoms. The molecule has 0 amide bonds. The molecule has 0 aliphatic rings. The number of rotatable bonds is 2. The summed E-state index contributed by atoms with van der Waals surface area (Å²) in [6.07, 6.45) is 0. The summed E-state index contributed by atoms with van der Waals surface area (Å²) in [5.41, 5.74) is 1.75. The largest absolute Gasteiger partial charge is 0.270 e. The average molecular weight is 300 g/mol. The van der Waals surface area contributed by atoms with Gasteiger partial charge in [-0.2, -0.15) is 0 Å². The summed E-state index contributed by atoms with van der Waals surface area (Å²) in [6, 6.07) is 4.71. The molecule has 16 heavy (non-hydrogen) atoms. The Labute approximate surface area is 103 Å². The van der Waals surface area contributed by atoms with E-state index in [1.165, 1.54) is 23.5 Å². The smallest absolute Gasteiger partial charge is 0.258 e. The third-order valence-corrected chi connectivity index (χ3v) is 3.45. The van der Waals surface area contributed by atoms with Gasteiger partial charge in [0.25, 0.3) is 5.69 Å². The van der Waals surface area contributed by atoms with Gasteiger partial charge in [-0.15, -0.1) is 10.2 Å². The molecule has 1 aromatic heterocycles. The number of halogens is 1. The minimum atomic E-state index is -0.418. The van der Waals surface area contributed by atoms with Gasteiger partial charge in [0.1, 0.15) is 5.01 Å². The number of aryl methyl sites for hydroxylation is 1. The van der Waals surface area contributed by atoms with Crippen molar-refractivity contribution in [1.29, 1.82) is 0 Å². The fourth-order valence-electron chi connectivity index (χ4n) is 1.27. The predicted octanol–water partition coefficient (Wildman–Crippen LogP) is 3.18. The predicted molar refractivity (Wildman–Crippen MR) is 64.4 cm³/mol. The summed E-state index contributed by atoms with van der Waals surface area (Å²) in [4.78, 5) is 10.2. The van der Waals surface area contributed by atoms with Crippen molar-refractivity contribution in [3.63, 3.8) is 0 Å². The molecule has 5 nitrogen and oxygen atoms in total. The number of nitrogens with zero attached hydrogens (tertiary/aromatic N) is 3. The van der Waals surface area contributed by atoms with Gasteiger partial charge in [-0.3, -0.25) is 10.1 Å². The Balaban J connectivity index is 2.55. The molecule has 2 aromatic rings. The van der Waals surface area contributed by atoms with Crippen LogP contribution in [0.1, 0.15) is 5.56 Å². The quantitative estimate of drug-likeness (QED) is 0.631. The van der Waals surface area contributed by atoms with E-state index in [-0.39, 0.29) is 5.69 Å². The molecule has 0 bridgehead atoms. The van der Waals surface area contributed by atoms with Crippen LogP contribution in [0.5, 0.6) is 0 Å². The Morgan fingerprint density at radius 2 is 2.19 bits per heavy atom. The lowest BCUT2D eigenvalue weighted by Gasteiger charge is -2.00. The van der Waals surface area contributed by atoms with E-state index in [1.54, 1.807) is 6.07 Å². The fourth-order valence-corrected chi connectivity index (χ4v) is 2.46. The number of benzene rings is 1. The maximum Gasteiger partial charge on any atom is 0.270 e. The zero-order valence-corrected chi connectivity index (χ0v) is 10.6. The van der Waals surface area contributed by atoms with Crippen molar-refractivity contribution in [2.75, 3.05) is 0 Å². The van der Waals surface area contributed by atoms with E-state index in [1.807, 2.05) is 6.92 Å². The normalized spacial score (nSPS) is 10.4. The van der Waals surface area contributed by atoms with Crippen LogP contribution in [0.3, 0.4) is 0 Å². The highest BCUT2D eigenvalue weighted by Gasteiger charge is 2.13. The Bertz CT molecular complexity index is 555. The highest BCUT2D eigenvalue weighted by molar-refractivity contribution is 9.11. The molecular weight excluding hydrogens is 294 g/mol. The monoisotopic (exact) mass is 299 g/mol. The summed E-state index contributed by atoms with van der Waals surface area (Å²) in [5.74, 6) is 0. The number of hydrogen-bond donors (Lipinski definition) is 0. The van der Waals surface area contributed by atoms with Gasteiger partial charge in [-0.1, -0.05) is 17.4 Å². The van der Waals surface area contributed by atoms with Gasteiger partial charge >= 0.3 is 0 Å². The first-order chi connectivity index (χ1) is 7.58. The Kier molecular flexibility index (Phi) is 2.97. The van der Waals surface area contributed by atoms with Crippen LogP contribution in [0, 0.1) is 17.0 Å². The molecule has 2 rings (SSSR count). The molecule has 1 aromatic carbocycles. The molecule has 0 N–H and O–H groups in total. The molecular formula is C9H6BrN3O2S. The van der Waals surface area contributed by atoms with Crippen LogP contribution in [0.15, 0.2) is 22.1 Å². The van der Waals surface area contributed by atoms with Crippen molar-refractivity contribution >= 4 is 33.0 Å². The molecule has 1 heterocycles. The van der Waals surface area contributed by atoms with Crippen LogP contribution in [-0.4, -0.2) is 15.1 Å². The van der Waals surface area contributed by atoms with Crippen molar-refractivity contribution in [2.45, 2.75) is 6.92 Å². The zero-order valence-electron chi connectivity index (χ0n) is 8.18. The van der Waals surface area contributed by atoms with Gasteiger partial charge < -0.3 is 0 Å². The maximum atomic E-state index is 10.7. The minimum absolute atomic E-state index is 0.0620. The van der Waals surface area contributed by atoms with Gasteiger partial charge in [0.2, 0.25) is 0 Å². The van der Waals surface area contributed by atoms with E-state index in [9.17, 15) is 10.1 Å². The molecule has 0 unspecified atom stereocenters. The average Bonchev–Trinajstić information content (AvgIpc) is 2.65. The van der Waals surface area contributed by atoms with Gasteiger partial charge in [0.05, 0.1) is 4.92 Å². The van der Waals surface area contributed by atoms with Crippen LogP contribution in [-0.2, 0) is 0 Å². The summed E-state index contributed by atoms with van der Waals surface area (Å²) < 4.78 is 0.661. The van der Waals surface area contributed by atoms with E-state index in [4.69, 9.17) is 0 Å². The summed E-state index contributed by atoms with van der Waals surface area (Å²) in [7, 11) is 0. The van der Waals surface area contributed by atoms with Crippen molar-refractivity contribution < 1.29 is 4.92 Å². The lowest BCUT2D eigenvalue weighted by Crippen LogP contribution is -1.90. The second kappa shape index (κ2) is 4.26. The van der Waals surface area contributed by atoms with Crippen LogP contribution in [0.4, 0.5) is 5.69 Å². The second-order valence-corrected chi connectivity index (χ2v) is 5.37. The minimum Gasteiger partial charge on any atom is -0.258 e. The lowest BCUT2D eigenvalue weighted by molar-refractivity contribution is -0.384. The second-order valence-electron chi connectivity index (χ2n) is 3.12. The number of hydrogen-bond acceptors (Lipinski definition) is 5. The molecule has 0 saturated heterocycles. The summed E-state index contributed by atoms with van der Waals surface area (Å²) in [6.45, 7) is 1.88. The number of aromatic nitrogens is 2. The Morgan fingerprint density at radius 3 is 2.75 bits per heavy atom. The van der Waals surface area contributed by atoms with Crippen molar-refractivity contribution in [3.8, 4) is 10.6 Å². The van der Waals surface area contributed by atoms with E-state index in [2.05, 4.69) is 26.1 Å². The molecule has 0 saturated carbocycles. The van der Waals surface area contributed by atoms with E-state index < -0.39 is 4.92 Å². The molecule has 0 fully saturated rings. The van der Waals surface area contributed by atoms with E-state index in [0.29, 0.717) is 8.92 Å². The lowest BCUT2D eigenvalue weighted by atomic mass is 10.1. The number of non-ortho nitro benzene ring substituents is 1. The first kappa shape index (κ1) is 11.2. The Hall–Kier alpha value is -1.34. The highest BCUT2D eigenvalue weighted by atomic mass is 79.9. The van der Waals surface area contributed by atoms with Gasteiger partial charge in [0.15, 0.2) is 3.92 Å². The Morgan fingerprint density at radius 1 is 1.44 bits per heavy atom. The van der Waals surface area contributed by atoms with Crippen LogP contribution in [0.25, 0.3) is 10.6 Å². The molecule has 0 aliphatic carbocycles. The fraction of sp³-hybridized carbons (Fsp3) is 0.111. The first-order valence-corrected chi connectivity index (χ1v) is 5.93. The van der Waals surface area contributed by atoms with Gasteiger partial charge in [-0.25, -0.2) is 0 Å². The van der Waals surface area contributed by atoms with Crippen molar-refractivity contribution in [1.82, 2.24) is 10.2 Å². The third kappa shape index (κ3) is 2.10. The molecule has 0 spiro atoms. The number of nitro benzene ring substituents is 1. The SMILES string of the molecule is Cc1ccc([N+](=O)[O-])cc1-c1nnc(Br)s1. The molecule has 0 aliphatic heterocycles. The molecule has 0 radical (unpaired) electrons. The maximum absolute atomic E-state index is 10.7. The first-order valence-electron chi connectivity index (χ1n) is 4.32. The standard InChI is InChI=1S/C9H6BrN3O2S/c1-5-2-3-6(13(14)15)4-7(5)8-11-12-9(10)16-8/h2-4H,1H3.